The van der Waals surface area contributed by atoms with Crippen molar-refractivity contribution < 1.29 is 8.78 Å². The van der Waals surface area contributed by atoms with Gasteiger partial charge < -0.3 is 5.32 Å². The zero-order valence-corrected chi connectivity index (χ0v) is 10.7. The Bertz CT molecular complexity index is 619. The van der Waals surface area contributed by atoms with Gasteiger partial charge in [-0.1, -0.05) is 6.92 Å². The molecule has 1 aromatic heterocycles. The Hall–Kier alpha value is -1.75. The highest BCUT2D eigenvalue weighted by atomic mass is 19.2. The van der Waals surface area contributed by atoms with Crippen molar-refractivity contribution >= 4 is 0 Å². The highest BCUT2D eigenvalue weighted by Gasteiger charge is 2.20. The van der Waals surface area contributed by atoms with Crippen LogP contribution in [0.15, 0.2) is 18.2 Å². The van der Waals surface area contributed by atoms with Crippen LogP contribution in [0.25, 0.3) is 5.69 Å². The SMILES string of the molecule is CCc1nn(-c2ccc(F)c(F)c2)c2c1CNCC2. The monoisotopic (exact) mass is 263 g/mol. The maximum Gasteiger partial charge on any atom is 0.160 e. The van der Waals surface area contributed by atoms with Gasteiger partial charge in [-0.05, 0) is 18.6 Å². The molecule has 1 aliphatic rings. The molecular weight excluding hydrogens is 248 g/mol. The average molecular weight is 263 g/mol. The molecule has 0 radical (unpaired) electrons. The lowest BCUT2D eigenvalue weighted by Crippen LogP contribution is -2.25. The molecule has 2 heterocycles. The third-order valence-electron chi connectivity index (χ3n) is 3.50. The summed E-state index contributed by atoms with van der Waals surface area (Å²) in [6, 6.07) is 3.91. The van der Waals surface area contributed by atoms with Crippen LogP contribution >= 0.6 is 0 Å². The number of aryl methyl sites for hydroxylation is 1. The first-order valence-electron chi connectivity index (χ1n) is 6.46. The molecule has 0 aliphatic carbocycles. The first-order valence-corrected chi connectivity index (χ1v) is 6.46. The molecule has 0 spiro atoms. The van der Waals surface area contributed by atoms with Gasteiger partial charge in [0.15, 0.2) is 11.6 Å². The fourth-order valence-corrected chi connectivity index (χ4v) is 2.53. The van der Waals surface area contributed by atoms with Crippen LogP contribution in [-0.2, 0) is 19.4 Å². The van der Waals surface area contributed by atoms with E-state index in [1.54, 1.807) is 10.7 Å². The first kappa shape index (κ1) is 12.3. The van der Waals surface area contributed by atoms with Crippen LogP contribution < -0.4 is 5.32 Å². The molecule has 0 amide bonds. The van der Waals surface area contributed by atoms with E-state index in [4.69, 9.17) is 0 Å². The molecule has 3 nitrogen and oxygen atoms in total. The van der Waals surface area contributed by atoms with E-state index in [0.29, 0.717) is 5.69 Å². The molecular formula is C14H15F2N3. The maximum atomic E-state index is 13.4. The van der Waals surface area contributed by atoms with E-state index < -0.39 is 11.6 Å². The summed E-state index contributed by atoms with van der Waals surface area (Å²) in [4.78, 5) is 0. The van der Waals surface area contributed by atoms with Gasteiger partial charge in [-0.3, -0.25) is 0 Å². The standard InChI is InChI=1S/C14H15F2N3/c1-2-13-10-8-17-6-5-14(10)19(18-13)9-3-4-11(15)12(16)7-9/h3-4,7,17H,2,5-6,8H2,1H3. The van der Waals surface area contributed by atoms with Gasteiger partial charge in [0.05, 0.1) is 17.1 Å². The zero-order chi connectivity index (χ0) is 13.4. The lowest BCUT2D eigenvalue weighted by atomic mass is 10.1. The minimum Gasteiger partial charge on any atom is -0.312 e. The van der Waals surface area contributed by atoms with Crippen LogP contribution in [0.5, 0.6) is 0 Å². The third kappa shape index (κ3) is 2.04. The highest BCUT2D eigenvalue weighted by molar-refractivity contribution is 5.39. The van der Waals surface area contributed by atoms with Crippen LogP contribution in [0, 0.1) is 11.6 Å². The van der Waals surface area contributed by atoms with E-state index in [2.05, 4.69) is 10.4 Å². The molecule has 0 atom stereocenters. The van der Waals surface area contributed by atoms with E-state index in [1.807, 2.05) is 6.92 Å². The van der Waals surface area contributed by atoms with Crippen molar-refractivity contribution in [3.8, 4) is 5.69 Å². The van der Waals surface area contributed by atoms with Crippen LogP contribution in [0.4, 0.5) is 8.78 Å². The van der Waals surface area contributed by atoms with Crippen molar-refractivity contribution in [3.05, 3.63) is 46.8 Å². The zero-order valence-electron chi connectivity index (χ0n) is 10.7. The van der Waals surface area contributed by atoms with Gasteiger partial charge >= 0.3 is 0 Å². The summed E-state index contributed by atoms with van der Waals surface area (Å²) < 4.78 is 28.1. The Labute approximate surface area is 110 Å². The van der Waals surface area contributed by atoms with Crippen LogP contribution in [0.1, 0.15) is 23.9 Å². The highest BCUT2D eigenvalue weighted by Crippen LogP contribution is 2.23. The molecule has 1 aromatic carbocycles. The van der Waals surface area contributed by atoms with E-state index in [-0.39, 0.29) is 0 Å². The van der Waals surface area contributed by atoms with Crippen molar-refractivity contribution in [1.82, 2.24) is 15.1 Å². The Kier molecular flexibility index (Phi) is 3.06. The van der Waals surface area contributed by atoms with Crippen molar-refractivity contribution in [1.29, 1.82) is 0 Å². The fourth-order valence-electron chi connectivity index (χ4n) is 2.53. The molecule has 3 rings (SSSR count). The maximum absolute atomic E-state index is 13.4. The topological polar surface area (TPSA) is 29.9 Å². The smallest absolute Gasteiger partial charge is 0.160 e. The van der Waals surface area contributed by atoms with Crippen LogP contribution in [0.3, 0.4) is 0 Å². The average Bonchev–Trinajstić information content (AvgIpc) is 2.81. The molecule has 19 heavy (non-hydrogen) atoms. The van der Waals surface area contributed by atoms with E-state index >= 15 is 0 Å². The molecule has 0 unspecified atom stereocenters. The number of hydrogen-bond acceptors (Lipinski definition) is 2. The number of hydrogen-bond donors (Lipinski definition) is 1. The Morgan fingerprint density at radius 2 is 2.16 bits per heavy atom. The van der Waals surface area contributed by atoms with Crippen LogP contribution in [0.2, 0.25) is 0 Å². The van der Waals surface area contributed by atoms with Crippen molar-refractivity contribution in [2.45, 2.75) is 26.3 Å². The van der Waals surface area contributed by atoms with Crippen molar-refractivity contribution in [2.75, 3.05) is 6.54 Å². The van der Waals surface area contributed by atoms with Gasteiger partial charge in [0.2, 0.25) is 0 Å². The molecule has 0 saturated heterocycles. The normalized spacial score (nSPS) is 14.5. The lowest BCUT2D eigenvalue weighted by molar-refractivity contribution is 0.507. The molecule has 1 N–H and O–H groups in total. The van der Waals surface area contributed by atoms with Gasteiger partial charge in [0.1, 0.15) is 0 Å². The molecule has 0 fully saturated rings. The number of fused-ring (bicyclic) bond motifs is 1. The predicted molar refractivity (Wildman–Crippen MR) is 68.3 cm³/mol. The third-order valence-corrected chi connectivity index (χ3v) is 3.50. The minimum absolute atomic E-state index is 0.580. The second-order valence-electron chi connectivity index (χ2n) is 4.66. The molecule has 100 valence electrons. The summed E-state index contributed by atoms with van der Waals surface area (Å²) >= 11 is 0. The molecule has 2 aromatic rings. The second-order valence-corrected chi connectivity index (χ2v) is 4.66. The van der Waals surface area contributed by atoms with Gasteiger partial charge in [0, 0.05) is 31.1 Å². The van der Waals surface area contributed by atoms with Gasteiger partial charge in [-0.25, -0.2) is 13.5 Å². The van der Waals surface area contributed by atoms with Gasteiger partial charge in [0.25, 0.3) is 0 Å². The number of halogens is 2. The quantitative estimate of drug-likeness (QED) is 0.901. The number of rotatable bonds is 2. The van der Waals surface area contributed by atoms with Crippen molar-refractivity contribution in [3.63, 3.8) is 0 Å². The minimum atomic E-state index is -0.839. The predicted octanol–water partition coefficient (Wildman–Crippen LogP) is 2.36. The Morgan fingerprint density at radius 3 is 2.89 bits per heavy atom. The molecule has 0 bridgehead atoms. The summed E-state index contributed by atoms with van der Waals surface area (Å²) in [5.41, 5.74) is 3.89. The Balaban J connectivity index is 2.14. The number of aromatic nitrogens is 2. The fraction of sp³-hybridized carbons (Fsp3) is 0.357. The van der Waals surface area contributed by atoms with Gasteiger partial charge in [-0.2, -0.15) is 5.10 Å². The second kappa shape index (κ2) is 4.74. The first-order chi connectivity index (χ1) is 9.20. The van der Waals surface area contributed by atoms with E-state index in [1.165, 1.54) is 11.6 Å². The molecule has 0 saturated carbocycles. The largest absolute Gasteiger partial charge is 0.312 e. The van der Waals surface area contributed by atoms with Gasteiger partial charge in [-0.15, -0.1) is 0 Å². The number of benzene rings is 1. The molecule has 1 aliphatic heterocycles. The summed E-state index contributed by atoms with van der Waals surface area (Å²) in [5.74, 6) is -1.67. The molecule has 5 heteroatoms. The van der Waals surface area contributed by atoms with Crippen molar-refractivity contribution in [2.24, 2.45) is 0 Å². The summed E-state index contributed by atoms with van der Waals surface area (Å²) in [7, 11) is 0. The number of nitrogens with one attached hydrogen (secondary N) is 1. The summed E-state index contributed by atoms with van der Waals surface area (Å²) in [6.45, 7) is 3.72. The summed E-state index contributed by atoms with van der Waals surface area (Å²) in [5, 5.41) is 7.85. The van der Waals surface area contributed by atoms with E-state index in [9.17, 15) is 8.78 Å². The Morgan fingerprint density at radius 1 is 1.32 bits per heavy atom. The summed E-state index contributed by atoms with van der Waals surface area (Å²) in [6.07, 6.45) is 1.68. The number of nitrogens with zero attached hydrogens (tertiary/aromatic N) is 2. The van der Waals surface area contributed by atoms with Crippen LogP contribution in [-0.4, -0.2) is 16.3 Å². The lowest BCUT2D eigenvalue weighted by Gasteiger charge is -2.15. The van der Waals surface area contributed by atoms with E-state index in [0.717, 1.165) is 43.4 Å².